The van der Waals surface area contributed by atoms with Gasteiger partial charge in [-0.05, 0) is 67.6 Å². The van der Waals surface area contributed by atoms with Crippen LogP contribution in [0.3, 0.4) is 0 Å². The summed E-state index contributed by atoms with van der Waals surface area (Å²) in [5.41, 5.74) is 2.66. The van der Waals surface area contributed by atoms with E-state index in [1.807, 2.05) is 19.9 Å². The Labute approximate surface area is 171 Å². The van der Waals surface area contributed by atoms with Crippen molar-refractivity contribution in [1.82, 2.24) is 39.8 Å². The van der Waals surface area contributed by atoms with E-state index in [9.17, 15) is 9.59 Å². The monoisotopic (exact) mass is 405 g/mol. The summed E-state index contributed by atoms with van der Waals surface area (Å²) in [6.45, 7) is 5.39. The Morgan fingerprint density at radius 1 is 1.07 bits per heavy atom. The molecule has 0 bridgehead atoms. The molecule has 0 saturated heterocycles. The molecule has 1 N–H and O–H groups in total. The standard InChI is InChI=1S/C19H19N9O2/c1-12-10-13(2)27(22-12)17-8-9-18(29)28(23-17)14(3)19(30)21-15-4-6-16(7-5-15)26-11-20-24-25-26/h4-11,14H,1-3H3,(H,21,30). The molecule has 3 heterocycles. The fourth-order valence-electron chi connectivity index (χ4n) is 3.00. The third-order valence-electron chi connectivity index (χ3n) is 4.53. The number of amides is 1. The van der Waals surface area contributed by atoms with E-state index < -0.39 is 6.04 Å². The van der Waals surface area contributed by atoms with Crippen LogP contribution in [0.15, 0.2) is 53.6 Å². The number of carbonyl (C=O) groups is 1. The zero-order chi connectivity index (χ0) is 21.3. The van der Waals surface area contributed by atoms with Gasteiger partial charge in [0.25, 0.3) is 5.56 Å². The Kier molecular flexibility index (Phi) is 4.92. The van der Waals surface area contributed by atoms with Crippen molar-refractivity contribution in [1.29, 1.82) is 0 Å². The summed E-state index contributed by atoms with van der Waals surface area (Å²) in [7, 11) is 0. The number of aromatic nitrogens is 8. The summed E-state index contributed by atoms with van der Waals surface area (Å²) in [6, 6.07) is 11.0. The second kappa shape index (κ2) is 7.70. The van der Waals surface area contributed by atoms with Gasteiger partial charge in [0.05, 0.1) is 11.4 Å². The summed E-state index contributed by atoms with van der Waals surface area (Å²) >= 11 is 0. The van der Waals surface area contributed by atoms with Gasteiger partial charge < -0.3 is 5.32 Å². The number of anilines is 1. The van der Waals surface area contributed by atoms with Gasteiger partial charge in [0, 0.05) is 17.4 Å². The quantitative estimate of drug-likeness (QED) is 0.529. The lowest BCUT2D eigenvalue weighted by Gasteiger charge is -2.15. The molecule has 1 atom stereocenters. The van der Waals surface area contributed by atoms with Gasteiger partial charge in [-0.15, -0.1) is 10.2 Å². The SMILES string of the molecule is Cc1cc(C)n(-c2ccc(=O)n(C(C)C(=O)Nc3ccc(-n4cnnn4)cc3)n2)n1. The lowest BCUT2D eigenvalue weighted by atomic mass is 10.2. The number of hydrogen-bond donors (Lipinski definition) is 1. The van der Waals surface area contributed by atoms with Crippen molar-refractivity contribution in [2.75, 3.05) is 5.32 Å². The molecule has 11 heteroatoms. The third-order valence-corrected chi connectivity index (χ3v) is 4.53. The van der Waals surface area contributed by atoms with Crippen molar-refractivity contribution in [2.45, 2.75) is 26.8 Å². The first-order valence-electron chi connectivity index (χ1n) is 9.20. The molecule has 0 radical (unpaired) electrons. The summed E-state index contributed by atoms with van der Waals surface area (Å²) in [5.74, 6) is 0.0935. The van der Waals surface area contributed by atoms with Crippen molar-refractivity contribution in [3.05, 3.63) is 70.5 Å². The number of benzene rings is 1. The Hall–Kier alpha value is -4.15. The Balaban J connectivity index is 1.54. The molecular formula is C19H19N9O2. The first-order valence-corrected chi connectivity index (χ1v) is 9.20. The van der Waals surface area contributed by atoms with E-state index in [1.165, 1.54) is 17.1 Å². The van der Waals surface area contributed by atoms with Crippen molar-refractivity contribution in [3.63, 3.8) is 0 Å². The molecule has 4 rings (SSSR count). The van der Waals surface area contributed by atoms with E-state index in [4.69, 9.17) is 0 Å². The van der Waals surface area contributed by atoms with Crippen LogP contribution in [0.5, 0.6) is 0 Å². The van der Waals surface area contributed by atoms with Crippen molar-refractivity contribution < 1.29 is 4.79 Å². The summed E-state index contributed by atoms with van der Waals surface area (Å²) in [4.78, 5) is 25.1. The zero-order valence-corrected chi connectivity index (χ0v) is 16.6. The predicted octanol–water partition coefficient (Wildman–Crippen LogP) is 1.22. The molecule has 11 nitrogen and oxygen atoms in total. The summed E-state index contributed by atoms with van der Waals surface area (Å²) in [5, 5.41) is 22.5. The Morgan fingerprint density at radius 3 is 2.47 bits per heavy atom. The Morgan fingerprint density at radius 2 is 1.83 bits per heavy atom. The van der Waals surface area contributed by atoms with Crippen molar-refractivity contribution in [3.8, 4) is 11.5 Å². The average molecular weight is 405 g/mol. The van der Waals surface area contributed by atoms with Crippen LogP contribution in [-0.2, 0) is 4.79 Å². The molecule has 0 aliphatic rings. The van der Waals surface area contributed by atoms with Crippen LogP contribution >= 0.6 is 0 Å². The van der Waals surface area contributed by atoms with Crippen LogP contribution in [0, 0.1) is 13.8 Å². The van der Waals surface area contributed by atoms with E-state index in [-0.39, 0.29) is 11.5 Å². The molecule has 0 spiro atoms. The maximum atomic E-state index is 12.7. The van der Waals surface area contributed by atoms with Gasteiger partial charge in [0.15, 0.2) is 5.82 Å². The smallest absolute Gasteiger partial charge is 0.267 e. The predicted molar refractivity (Wildman–Crippen MR) is 108 cm³/mol. The minimum absolute atomic E-state index is 0.370. The molecular weight excluding hydrogens is 386 g/mol. The van der Waals surface area contributed by atoms with Gasteiger partial charge in [-0.1, -0.05) is 0 Å². The second-order valence-electron chi connectivity index (χ2n) is 6.78. The number of nitrogens with one attached hydrogen (secondary N) is 1. The highest BCUT2D eigenvalue weighted by Gasteiger charge is 2.19. The molecule has 152 valence electrons. The number of nitrogens with zero attached hydrogens (tertiary/aromatic N) is 8. The Bertz CT molecular complexity index is 1240. The molecule has 0 aliphatic carbocycles. The normalized spacial score (nSPS) is 12.0. The first-order chi connectivity index (χ1) is 14.4. The second-order valence-corrected chi connectivity index (χ2v) is 6.78. The summed E-state index contributed by atoms with van der Waals surface area (Å²) in [6.07, 6.45) is 1.48. The van der Waals surface area contributed by atoms with Crippen LogP contribution < -0.4 is 10.9 Å². The van der Waals surface area contributed by atoms with E-state index >= 15 is 0 Å². The highest BCUT2D eigenvalue weighted by Crippen LogP contribution is 2.15. The van der Waals surface area contributed by atoms with E-state index in [0.717, 1.165) is 21.8 Å². The molecule has 1 aromatic carbocycles. The molecule has 4 aromatic rings. The fraction of sp³-hybridized carbons (Fsp3) is 0.211. The maximum absolute atomic E-state index is 12.7. The number of aryl methyl sites for hydroxylation is 2. The van der Waals surface area contributed by atoms with Crippen LogP contribution in [0.4, 0.5) is 5.69 Å². The largest absolute Gasteiger partial charge is 0.324 e. The lowest BCUT2D eigenvalue weighted by molar-refractivity contribution is -0.119. The van der Waals surface area contributed by atoms with E-state index in [2.05, 4.69) is 31.0 Å². The molecule has 1 amide bonds. The molecule has 0 aliphatic heterocycles. The van der Waals surface area contributed by atoms with Gasteiger partial charge in [-0.25, -0.2) is 14.0 Å². The minimum atomic E-state index is -0.825. The van der Waals surface area contributed by atoms with Crippen LogP contribution in [0.2, 0.25) is 0 Å². The number of tetrazole rings is 1. The highest BCUT2D eigenvalue weighted by atomic mass is 16.2. The van der Waals surface area contributed by atoms with Crippen LogP contribution in [-0.4, -0.2) is 45.7 Å². The van der Waals surface area contributed by atoms with Crippen molar-refractivity contribution >= 4 is 11.6 Å². The number of hydrogen-bond acceptors (Lipinski definition) is 7. The molecule has 1 unspecified atom stereocenters. The van der Waals surface area contributed by atoms with Gasteiger partial charge in [0.1, 0.15) is 12.4 Å². The first kappa shape index (κ1) is 19.2. The molecule has 0 saturated carbocycles. The highest BCUT2D eigenvalue weighted by molar-refractivity contribution is 5.93. The minimum Gasteiger partial charge on any atom is -0.324 e. The maximum Gasteiger partial charge on any atom is 0.267 e. The number of rotatable bonds is 5. The summed E-state index contributed by atoms with van der Waals surface area (Å²) < 4.78 is 4.28. The topological polar surface area (TPSA) is 125 Å². The van der Waals surface area contributed by atoms with Crippen molar-refractivity contribution in [2.24, 2.45) is 0 Å². The molecule has 30 heavy (non-hydrogen) atoms. The van der Waals surface area contributed by atoms with E-state index in [1.54, 1.807) is 41.9 Å². The number of carbonyl (C=O) groups excluding carboxylic acids is 1. The van der Waals surface area contributed by atoms with Gasteiger partial charge in [-0.2, -0.15) is 5.10 Å². The molecule has 3 aromatic heterocycles. The van der Waals surface area contributed by atoms with Gasteiger partial charge in [-0.3, -0.25) is 9.59 Å². The van der Waals surface area contributed by atoms with E-state index in [0.29, 0.717) is 11.5 Å². The van der Waals surface area contributed by atoms with Gasteiger partial charge >= 0.3 is 0 Å². The van der Waals surface area contributed by atoms with Crippen LogP contribution in [0.1, 0.15) is 24.4 Å². The fourth-order valence-corrected chi connectivity index (χ4v) is 3.00. The van der Waals surface area contributed by atoms with Gasteiger partial charge in [0.2, 0.25) is 5.91 Å². The lowest BCUT2D eigenvalue weighted by Crippen LogP contribution is -2.33. The molecule has 0 fully saturated rings. The zero-order valence-electron chi connectivity index (χ0n) is 16.6. The van der Waals surface area contributed by atoms with Crippen LogP contribution in [0.25, 0.3) is 11.5 Å². The third kappa shape index (κ3) is 3.72. The average Bonchev–Trinajstić information content (AvgIpc) is 3.38.